The van der Waals surface area contributed by atoms with Gasteiger partial charge in [-0.25, -0.2) is 14.3 Å². The van der Waals surface area contributed by atoms with Crippen molar-refractivity contribution in [2.45, 2.75) is 57.9 Å². The van der Waals surface area contributed by atoms with Gasteiger partial charge in [-0.15, -0.1) is 0 Å². The van der Waals surface area contributed by atoms with Crippen molar-refractivity contribution in [1.29, 1.82) is 0 Å². The van der Waals surface area contributed by atoms with Crippen molar-refractivity contribution in [2.75, 3.05) is 13.1 Å². The number of carboxylic acids is 1. The molecule has 2 fully saturated rings. The number of aromatic nitrogens is 3. The summed E-state index contributed by atoms with van der Waals surface area (Å²) < 4.78 is 1.47. The summed E-state index contributed by atoms with van der Waals surface area (Å²) in [5.74, 6) is -0.149. The predicted molar refractivity (Wildman–Crippen MR) is 136 cm³/mol. The number of amides is 2. The van der Waals surface area contributed by atoms with Gasteiger partial charge in [0, 0.05) is 25.2 Å². The first-order chi connectivity index (χ1) is 17.9. The molecule has 3 aliphatic rings. The SMILES string of the molecule is Cc1c(C(=O)O)ccc2c1CC[C@@H]2NC(=O)c1cc(C(=O)N2CC[C@H]3CCCC[C@@H]3C2)nc2ccnn12. The van der Waals surface area contributed by atoms with Crippen LogP contribution in [0.5, 0.6) is 0 Å². The Morgan fingerprint density at radius 2 is 1.86 bits per heavy atom. The van der Waals surface area contributed by atoms with E-state index in [1.54, 1.807) is 30.5 Å². The number of rotatable bonds is 4. The van der Waals surface area contributed by atoms with Gasteiger partial charge in [0.25, 0.3) is 11.8 Å². The summed E-state index contributed by atoms with van der Waals surface area (Å²) in [6.07, 6.45) is 8.94. The first-order valence-electron chi connectivity index (χ1n) is 13.2. The largest absolute Gasteiger partial charge is 0.478 e. The number of fused-ring (bicyclic) bond motifs is 3. The van der Waals surface area contributed by atoms with Gasteiger partial charge in [-0.2, -0.15) is 5.10 Å². The number of likely N-dealkylation sites (tertiary alicyclic amines) is 1. The lowest BCUT2D eigenvalue weighted by molar-refractivity contribution is 0.0515. The van der Waals surface area contributed by atoms with Crippen LogP contribution >= 0.6 is 0 Å². The molecular weight excluding hydrogens is 470 g/mol. The molecule has 1 aromatic carbocycles. The highest BCUT2D eigenvalue weighted by Crippen LogP contribution is 2.37. The smallest absolute Gasteiger partial charge is 0.335 e. The average molecular weight is 502 g/mol. The Morgan fingerprint density at radius 3 is 2.68 bits per heavy atom. The topological polar surface area (TPSA) is 117 Å². The van der Waals surface area contributed by atoms with E-state index in [2.05, 4.69) is 15.4 Å². The second-order valence-electron chi connectivity index (χ2n) is 10.6. The summed E-state index contributed by atoms with van der Waals surface area (Å²) in [7, 11) is 0. The molecule has 9 nitrogen and oxygen atoms in total. The summed E-state index contributed by atoms with van der Waals surface area (Å²) in [6.45, 7) is 3.30. The van der Waals surface area contributed by atoms with Crippen LogP contribution in [-0.4, -0.2) is 55.5 Å². The Labute approximate surface area is 214 Å². The van der Waals surface area contributed by atoms with Crippen LogP contribution in [0.4, 0.5) is 0 Å². The number of hydrogen-bond donors (Lipinski definition) is 2. The fourth-order valence-electron chi connectivity index (χ4n) is 6.63. The average Bonchev–Trinajstić information content (AvgIpc) is 3.55. The summed E-state index contributed by atoms with van der Waals surface area (Å²) >= 11 is 0. The van der Waals surface area contributed by atoms with Crippen molar-refractivity contribution >= 4 is 23.4 Å². The standard InChI is InChI=1S/C28H31N5O4/c1-16-19-8-9-22(21(19)7-6-20(16)28(36)37)31-26(34)24-14-23(30-25-10-12-29-33(24)25)27(35)32-13-11-17-4-2-3-5-18(17)15-32/h6-7,10,12,14,17-18,22H,2-5,8-9,11,13,15H2,1H3,(H,31,34)(H,36,37)/t17-,18-,22+/m1/s1. The zero-order valence-corrected chi connectivity index (χ0v) is 20.9. The van der Waals surface area contributed by atoms with Crippen LogP contribution in [-0.2, 0) is 6.42 Å². The number of nitrogens with zero attached hydrogens (tertiary/aromatic N) is 4. The molecule has 3 atom stereocenters. The van der Waals surface area contributed by atoms with Crippen molar-refractivity contribution in [3.63, 3.8) is 0 Å². The minimum absolute atomic E-state index is 0.134. The molecule has 1 aliphatic heterocycles. The Morgan fingerprint density at radius 1 is 1.05 bits per heavy atom. The van der Waals surface area contributed by atoms with E-state index in [4.69, 9.17) is 0 Å². The lowest BCUT2D eigenvalue weighted by Gasteiger charge is -2.41. The molecule has 37 heavy (non-hydrogen) atoms. The Bertz CT molecular complexity index is 1410. The maximum Gasteiger partial charge on any atom is 0.335 e. The lowest BCUT2D eigenvalue weighted by Crippen LogP contribution is -2.45. The number of benzene rings is 1. The molecule has 2 aromatic heterocycles. The van der Waals surface area contributed by atoms with Gasteiger partial charge in [-0.1, -0.05) is 25.3 Å². The van der Waals surface area contributed by atoms with Crippen molar-refractivity contribution in [2.24, 2.45) is 11.8 Å². The molecule has 0 spiro atoms. The van der Waals surface area contributed by atoms with Gasteiger partial charge in [-0.05, 0) is 67.2 Å². The molecule has 0 radical (unpaired) electrons. The van der Waals surface area contributed by atoms with E-state index in [9.17, 15) is 19.5 Å². The summed E-state index contributed by atoms with van der Waals surface area (Å²) in [5, 5.41) is 16.8. The van der Waals surface area contributed by atoms with Gasteiger partial charge in [0.15, 0.2) is 5.65 Å². The Balaban J connectivity index is 1.26. The summed E-state index contributed by atoms with van der Waals surface area (Å²) in [6, 6.07) is 6.41. The number of carboxylic acid groups (broad SMARTS) is 1. The number of piperidine rings is 1. The fraction of sp³-hybridized carbons (Fsp3) is 0.464. The van der Waals surface area contributed by atoms with Gasteiger partial charge in [0.05, 0.1) is 17.8 Å². The third-order valence-corrected chi connectivity index (χ3v) is 8.62. The normalized spacial score (nSPS) is 22.9. The van der Waals surface area contributed by atoms with Crippen molar-refractivity contribution < 1.29 is 19.5 Å². The van der Waals surface area contributed by atoms with E-state index in [1.807, 2.05) is 11.8 Å². The van der Waals surface area contributed by atoms with Gasteiger partial charge in [0.1, 0.15) is 11.4 Å². The van der Waals surface area contributed by atoms with Gasteiger partial charge >= 0.3 is 5.97 Å². The minimum atomic E-state index is -0.949. The zero-order valence-electron chi connectivity index (χ0n) is 20.9. The number of carbonyl (C=O) groups is 3. The molecule has 192 valence electrons. The molecule has 3 aromatic rings. The maximum absolute atomic E-state index is 13.5. The number of nitrogens with one attached hydrogen (secondary N) is 1. The van der Waals surface area contributed by atoms with Crippen LogP contribution < -0.4 is 5.32 Å². The second-order valence-corrected chi connectivity index (χ2v) is 10.6. The van der Waals surface area contributed by atoms with E-state index in [0.29, 0.717) is 35.9 Å². The zero-order chi connectivity index (χ0) is 25.7. The van der Waals surface area contributed by atoms with E-state index >= 15 is 0 Å². The minimum Gasteiger partial charge on any atom is -0.478 e. The molecule has 9 heteroatoms. The molecule has 0 unspecified atom stereocenters. The number of aromatic carboxylic acids is 1. The van der Waals surface area contributed by atoms with Crippen molar-refractivity contribution in [3.8, 4) is 0 Å². The van der Waals surface area contributed by atoms with Crippen LogP contribution in [0.3, 0.4) is 0 Å². The van der Waals surface area contributed by atoms with Crippen molar-refractivity contribution in [1.82, 2.24) is 24.8 Å². The molecular formula is C28H31N5O4. The lowest BCUT2D eigenvalue weighted by atomic mass is 9.75. The second kappa shape index (κ2) is 9.28. The van der Waals surface area contributed by atoms with Crippen LogP contribution in [0.2, 0.25) is 0 Å². The fourth-order valence-corrected chi connectivity index (χ4v) is 6.63. The highest BCUT2D eigenvalue weighted by Gasteiger charge is 2.34. The first-order valence-corrected chi connectivity index (χ1v) is 13.2. The number of carbonyl (C=O) groups excluding carboxylic acids is 2. The van der Waals surface area contributed by atoms with Crippen LogP contribution in [0.1, 0.15) is 92.6 Å². The quantitative estimate of drug-likeness (QED) is 0.562. The van der Waals surface area contributed by atoms with Gasteiger partial charge in [-0.3, -0.25) is 9.59 Å². The van der Waals surface area contributed by atoms with Crippen LogP contribution in [0.15, 0.2) is 30.5 Å². The maximum atomic E-state index is 13.5. The number of hydrogen-bond acceptors (Lipinski definition) is 5. The van der Waals surface area contributed by atoms with Crippen LogP contribution in [0, 0.1) is 18.8 Å². The highest BCUT2D eigenvalue weighted by molar-refractivity contribution is 5.98. The van der Waals surface area contributed by atoms with Crippen LogP contribution in [0.25, 0.3) is 5.65 Å². The molecule has 2 amide bonds. The summed E-state index contributed by atoms with van der Waals surface area (Å²) in [4.78, 5) is 45.0. The van der Waals surface area contributed by atoms with E-state index in [1.165, 1.54) is 30.2 Å². The van der Waals surface area contributed by atoms with E-state index in [0.717, 1.165) is 36.2 Å². The Kier molecular flexibility index (Phi) is 5.93. The van der Waals surface area contributed by atoms with Gasteiger partial charge < -0.3 is 15.3 Å². The monoisotopic (exact) mass is 501 g/mol. The van der Waals surface area contributed by atoms with Gasteiger partial charge in [0.2, 0.25) is 0 Å². The first kappa shape index (κ1) is 23.6. The molecule has 6 rings (SSSR count). The molecule has 2 N–H and O–H groups in total. The molecule has 2 aliphatic carbocycles. The predicted octanol–water partition coefficient (Wildman–Crippen LogP) is 3.81. The van der Waals surface area contributed by atoms with E-state index in [-0.39, 0.29) is 29.2 Å². The van der Waals surface area contributed by atoms with E-state index < -0.39 is 5.97 Å². The summed E-state index contributed by atoms with van der Waals surface area (Å²) in [5.41, 5.74) is 3.93. The molecule has 1 saturated carbocycles. The third kappa shape index (κ3) is 4.16. The molecule has 1 saturated heterocycles. The Hall–Kier alpha value is -3.75. The molecule has 0 bridgehead atoms. The van der Waals surface area contributed by atoms with Crippen molar-refractivity contribution in [3.05, 3.63) is 64.1 Å². The highest BCUT2D eigenvalue weighted by atomic mass is 16.4. The third-order valence-electron chi connectivity index (χ3n) is 8.62. The molecule has 3 heterocycles.